The van der Waals surface area contributed by atoms with Gasteiger partial charge in [0, 0.05) is 10.5 Å². The minimum atomic E-state index is 0.623. The van der Waals surface area contributed by atoms with E-state index in [9.17, 15) is 0 Å². The van der Waals surface area contributed by atoms with Crippen molar-refractivity contribution in [3.05, 3.63) is 0 Å². The maximum Gasteiger partial charge on any atom is 0.00172 e. The Hall–Kier alpha value is 0.700. The molecule has 1 aliphatic rings. The van der Waals surface area contributed by atoms with Crippen LogP contribution in [-0.2, 0) is 0 Å². The van der Waals surface area contributed by atoms with Gasteiger partial charge >= 0.3 is 0 Å². The molecule has 1 rings (SSSR count). The Balaban J connectivity index is 2.20. The van der Waals surface area contributed by atoms with Crippen molar-refractivity contribution in [2.45, 2.75) is 87.5 Å². The van der Waals surface area contributed by atoms with Crippen molar-refractivity contribution in [2.75, 3.05) is 0 Å². The highest BCUT2D eigenvalue weighted by molar-refractivity contribution is 7.81. The van der Waals surface area contributed by atoms with E-state index >= 15 is 0 Å². The van der Waals surface area contributed by atoms with E-state index in [1.165, 1.54) is 77.0 Å². The molecule has 0 aromatic carbocycles. The highest BCUT2D eigenvalue weighted by atomic mass is 32.1. The molecule has 1 aliphatic carbocycles. The van der Waals surface area contributed by atoms with Gasteiger partial charge in [0.25, 0.3) is 0 Å². The zero-order chi connectivity index (χ0) is 11.6. The van der Waals surface area contributed by atoms with Crippen LogP contribution in [0.4, 0.5) is 0 Å². The van der Waals surface area contributed by atoms with Gasteiger partial charge in [0.05, 0.1) is 0 Å². The van der Waals surface area contributed by atoms with Crippen LogP contribution in [0.15, 0.2) is 0 Å². The summed E-state index contributed by atoms with van der Waals surface area (Å²) >= 11 is 9.36. The Morgan fingerprint density at radius 3 is 1.12 bits per heavy atom. The monoisotopic (exact) mass is 260 g/mol. The van der Waals surface area contributed by atoms with Crippen LogP contribution in [0.1, 0.15) is 77.0 Å². The molecule has 0 aliphatic heterocycles. The fourth-order valence-corrected chi connectivity index (χ4v) is 3.16. The molecule has 0 aromatic heterocycles. The minimum absolute atomic E-state index is 0.623. The fourth-order valence-electron chi connectivity index (χ4n) is 2.49. The van der Waals surface area contributed by atoms with Crippen molar-refractivity contribution in [1.29, 1.82) is 0 Å². The molecule has 0 saturated heterocycles. The smallest absolute Gasteiger partial charge is 0.00172 e. The minimum Gasteiger partial charge on any atom is -0.176 e. The van der Waals surface area contributed by atoms with Crippen molar-refractivity contribution in [2.24, 2.45) is 0 Å². The second kappa shape index (κ2) is 9.70. The van der Waals surface area contributed by atoms with Crippen LogP contribution in [-0.4, -0.2) is 10.5 Å². The molecule has 0 amide bonds. The van der Waals surface area contributed by atoms with Gasteiger partial charge in [-0.1, -0.05) is 51.4 Å². The number of hydrogen-bond donors (Lipinski definition) is 2. The lowest BCUT2D eigenvalue weighted by Crippen LogP contribution is -2.06. The first kappa shape index (κ1) is 14.8. The van der Waals surface area contributed by atoms with E-state index in [2.05, 4.69) is 25.3 Å². The Bertz CT molecular complexity index is 141. The third-order valence-corrected chi connectivity index (χ3v) is 4.69. The molecule has 0 bridgehead atoms. The highest BCUT2D eigenvalue weighted by Crippen LogP contribution is 2.21. The standard InChI is InChI=1S/C14H28S2/c15-13-9-7-5-3-1-2-4-6-8-10-14(16)12-11-13/h13-16H,1-12H2. The van der Waals surface area contributed by atoms with Crippen LogP contribution in [0, 0.1) is 0 Å². The molecule has 0 aromatic rings. The second-order valence-corrected chi connectivity index (χ2v) is 6.75. The Morgan fingerprint density at radius 1 is 0.438 bits per heavy atom. The van der Waals surface area contributed by atoms with Gasteiger partial charge in [-0.3, -0.25) is 0 Å². The average Bonchev–Trinajstić information content (AvgIpc) is 2.28. The van der Waals surface area contributed by atoms with Crippen LogP contribution in [0.25, 0.3) is 0 Å². The second-order valence-electron chi connectivity index (χ2n) is 5.29. The zero-order valence-electron chi connectivity index (χ0n) is 10.5. The first-order chi connectivity index (χ1) is 7.79. The van der Waals surface area contributed by atoms with Crippen molar-refractivity contribution in [1.82, 2.24) is 0 Å². The van der Waals surface area contributed by atoms with Gasteiger partial charge in [-0.05, 0) is 25.7 Å². The highest BCUT2D eigenvalue weighted by Gasteiger charge is 2.08. The van der Waals surface area contributed by atoms with Crippen LogP contribution in [0.2, 0.25) is 0 Å². The normalized spacial score (nSPS) is 31.9. The van der Waals surface area contributed by atoms with E-state index in [1.54, 1.807) is 0 Å². The van der Waals surface area contributed by atoms with Crippen LogP contribution in [0.5, 0.6) is 0 Å². The molecule has 2 unspecified atom stereocenters. The molecule has 1 fully saturated rings. The van der Waals surface area contributed by atoms with Crippen LogP contribution >= 0.6 is 25.3 Å². The first-order valence-electron chi connectivity index (χ1n) is 7.15. The Morgan fingerprint density at radius 2 is 0.750 bits per heavy atom. The molecular formula is C14H28S2. The summed E-state index contributed by atoms with van der Waals surface area (Å²) in [7, 11) is 0. The lowest BCUT2D eigenvalue weighted by atomic mass is 10.0. The van der Waals surface area contributed by atoms with E-state index in [-0.39, 0.29) is 0 Å². The molecule has 0 N–H and O–H groups in total. The van der Waals surface area contributed by atoms with E-state index < -0.39 is 0 Å². The van der Waals surface area contributed by atoms with Gasteiger partial charge in [0.15, 0.2) is 0 Å². The summed E-state index contributed by atoms with van der Waals surface area (Å²) in [6.45, 7) is 0. The molecule has 16 heavy (non-hydrogen) atoms. The summed E-state index contributed by atoms with van der Waals surface area (Å²) < 4.78 is 0. The van der Waals surface area contributed by atoms with Crippen molar-refractivity contribution in [3.63, 3.8) is 0 Å². The maximum atomic E-state index is 4.68. The summed E-state index contributed by atoms with van der Waals surface area (Å²) in [5, 5.41) is 1.25. The number of hydrogen-bond acceptors (Lipinski definition) is 2. The van der Waals surface area contributed by atoms with Crippen molar-refractivity contribution >= 4 is 25.3 Å². The SMILES string of the molecule is SC1CCCCCCCCCCC(S)CC1. The molecule has 2 atom stereocenters. The van der Waals surface area contributed by atoms with Crippen molar-refractivity contribution in [3.8, 4) is 0 Å². The zero-order valence-corrected chi connectivity index (χ0v) is 12.3. The first-order valence-corrected chi connectivity index (χ1v) is 8.18. The molecule has 2 heteroatoms. The van der Waals surface area contributed by atoms with Crippen LogP contribution in [0.3, 0.4) is 0 Å². The van der Waals surface area contributed by atoms with Gasteiger partial charge in [-0.2, -0.15) is 25.3 Å². The largest absolute Gasteiger partial charge is 0.176 e. The van der Waals surface area contributed by atoms with Gasteiger partial charge in [-0.15, -0.1) is 0 Å². The van der Waals surface area contributed by atoms with Gasteiger partial charge in [-0.25, -0.2) is 0 Å². The summed E-state index contributed by atoms with van der Waals surface area (Å²) in [5.41, 5.74) is 0. The number of rotatable bonds is 0. The maximum absolute atomic E-state index is 4.68. The fraction of sp³-hybridized carbons (Fsp3) is 1.00. The molecule has 0 radical (unpaired) electrons. The summed E-state index contributed by atoms with van der Waals surface area (Å²) in [6, 6.07) is 0. The summed E-state index contributed by atoms with van der Waals surface area (Å²) in [4.78, 5) is 0. The Kier molecular flexibility index (Phi) is 8.95. The predicted octanol–water partition coefficient (Wildman–Crippen LogP) is 5.28. The summed E-state index contributed by atoms with van der Waals surface area (Å²) in [6.07, 6.45) is 16.5. The lowest BCUT2D eigenvalue weighted by Gasteiger charge is -2.15. The summed E-state index contributed by atoms with van der Waals surface area (Å²) in [5.74, 6) is 0. The van der Waals surface area contributed by atoms with E-state index in [1.807, 2.05) is 0 Å². The topological polar surface area (TPSA) is 0 Å². The third kappa shape index (κ3) is 7.89. The van der Waals surface area contributed by atoms with E-state index in [0.717, 1.165) is 0 Å². The van der Waals surface area contributed by atoms with Gasteiger partial charge in [0.2, 0.25) is 0 Å². The quantitative estimate of drug-likeness (QED) is 0.544. The molecular weight excluding hydrogens is 232 g/mol. The molecule has 96 valence electrons. The van der Waals surface area contributed by atoms with E-state index in [0.29, 0.717) is 10.5 Å². The van der Waals surface area contributed by atoms with Gasteiger partial charge < -0.3 is 0 Å². The van der Waals surface area contributed by atoms with Gasteiger partial charge in [0.1, 0.15) is 0 Å². The molecule has 0 nitrogen and oxygen atoms in total. The third-order valence-electron chi connectivity index (χ3n) is 3.66. The predicted molar refractivity (Wildman–Crippen MR) is 81.0 cm³/mol. The van der Waals surface area contributed by atoms with E-state index in [4.69, 9.17) is 0 Å². The molecule has 0 heterocycles. The Labute approximate surface area is 113 Å². The molecule has 1 saturated carbocycles. The van der Waals surface area contributed by atoms with Crippen molar-refractivity contribution < 1.29 is 0 Å². The van der Waals surface area contributed by atoms with Crippen LogP contribution < -0.4 is 0 Å². The number of thiol groups is 2. The molecule has 0 spiro atoms. The average molecular weight is 261 g/mol. The lowest BCUT2D eigenvalue weighted by molar-refractivity contribution is 0.515.